The highest BCUT2D eigenvalue weighted by atomic mass is 17.2. The van der Waals surface area contributed by atoms with Crippen molar-refractivity contribution in [3.63, 3.8) is 0 Å². The second-order valence-corrected chi connectivity index (χ2v) is 10.2. The molecule has 0 saturated heterocycles. The smallest absolute Gasteiger partial charge is 0.395 e. The summed E-state index contributed by atoms with van der Waals surface area (Å²) in [4.78, 5) is 45.8. The number of carbonyl (C=O) groups is 3. The van der Waals surface area contributed by atoms with Gasteiger partial charge in [0.25, 0.3) is 0 Å². The summed E-state index contributed by atoms with van der Waals surface area (Å²) in [5, 5.41) is 0. The molecule has 35 heavy (non-hydrogen) atoms. The molecule has 0 N–H and O–H groups in total. The van der Waals surface area contributed by atoms with E-state index in [9.17, 15) is 14.4 Å². The Morgan fingerprint density at radius 1 is 0.771 bits per heavy atom. The van der Waals surface area contributed by atoms with Crippen LogP contribution in [0.1, 0.15) is 66.0 Å². The van der Waals surface area contributed by atoms with Gasteiger partial charge in [0.1, 0.15) is 18.1 Å². The highest BCUT2D eigenvalue weighted by Gasteiger charge is 2.25. The van der Waals surface area contributed by atoms with E-state index in [-0.39, 0.29) is 29.6 Å². The lowest BCUT2D eigenvalue weighted by atomic mass is 9.87. The predicted octanol–water partition coefficient (Wildman–Crippen LogP) is 6.50. The molecule has 2 aromatic carbocycles. The molecule has 1 unspecified atom stereocenters. The van der Waals surface area contributed by atoms with E-state index in [1.807, 2.05) is 53.7 Å². The third-order valence-corrected chi connectivity index (χ3v) is 5.21. The summed E-state index contributed by atoms with van der Waals surface area (Å²) in [5.74, 6) is -1.16. The average Bonchev–Trinajstić information content (AvgIpc) is 2.75. The molecule has 2 rings (SSSR count). The zero-order valence-electron chi connectivity index (χ0n) is 21.4. The minimum Gasteiger partial charge on any atom is -0.395 e. The molecule has 8 nitrogen and oxygen atoms in total. The van der Waals surface area contributed by atoms with E-state index < -0.39 is 24.2 Å². The minimum absolute atomic E-state index is 0.120. The van der Waals surface area contributed by atoms with Crippen LogP contribution < -0.4 is 9.47 Å². The first-order valence-corrected chi connectivity index (χ1v) is 11.5. The molecule has 0 spiro atoms. The van der Waals surface area contributed by atoms with E-state index in [0.29, 0.717) is 5.75 Å². The molecular formula is C27H34O8. The number of ether oxygens (including phenoxy) is 3. The Morgan fingerprint density at radius 2 is 1.26 bits per heavy atom. The van der Waals surface area contributed by atoms with Gasteiger partial charge in [0.2, 0.25) is 0 Å². The van der Waals surface area contributed by atoms with Gasteiger partial charge in [0.05, 0.1) is 5.92 Å². The third kappa shape index (κ3) is 9.05. The van der Waals surface area contributed by atoms with Crippen molar-refractivity contribution < 1.29 is 38.4 Å². The lowest BCUT2D eigenvalue weighted by Gasteiger charge is -2.19. The molecule has 0 aromatic heterocycles. The maximum atomic E-state index is 12.3. The zero-order chi connectivity index (χ0) is 26.2. The van der Waals surface area contributed by atoms with Crippen LogP contribution in [0.3, 0.4) is 0 Å². The largest absolute Gasteiger partial charge is 0.546 e. The van der Waals surface area contributed by atoms with Gasteiger partial charge in [-0.25, -0.2) is 9.59 Å². The van der Waals surface area contributed by atoms with Crippen molar-refractivity contribution in [3.8, 4) is 11.5 Å². The molecule has 0 bridgehead atoms. The van der Waals surface area contributed by atoms with Crippen LogP contribution in [0.4, 0.5) is 9.59 Å². The van der Waals surface area contributed by atoms with Crippen molar-refractivity contribution in [2.75, 3.05) is 6.61 Å². The summed E-state index contributed by atoms with van der Waals surface area (Å²) in [6, 6.07) is 14.0. The minimum atomic E-state index is -1.15. The van der Waals surface area contributed by atoms with Crippen molar-refractivity contribution in [2.24, 2.45) is 5.92 Å². The van der Waals surface area contributed by atoms with Crippen LogP contribution in [-0.2, 0) is 30.1 Å². The molecule has 0 saturated carbocycles. The third-order valence-electron chi connectivity index (χ3n) is 5.21. The van der Waals surface area contributed by atoms with Crippen LogP contribution in [0.25, 0.3) is 0 Å². The number of hydrogen-bond donors (Lipinski definition) is 0. The Labute approximate surface area is 206 Å². The lowest BCUT2D eigenvalue weighted by Crippen LogP contribution is -2.27. The van der Waals surface area contributed by atoms with Gasteiger partial charge in [-0.3, -0.25) is 9.68 Å². The quantitative estimate of drug-likeness (QED) is 0.144. The average molecular weight is 487 g/mol. The van der Waals surface area contributed by atoms with E-state index in [2.05, 4.69) is 4.89 Å². The van der Waals surface area contributed by atoms with Crippen molar-refractivity contribution >= 4 is 18.3 Å². The van der Waals surface area contributed by atoms with Crippen LogP contribution in [-0.4, -0.2) is 24.9 Å². The first-order valence-electron chi connectivity index (χ1n) is 11.5. The Balaban J connectivity index is 1.83. The summed E-state index contributed by atoms with van der Waals surface area (Å²) in [6.07, 6.45) is -1.96. The van der Waals surface area contributed by atoms with Crippen molar-refractivity contribution in [1.29, 1.82) is 0 Å². The SMILES string of the molecule is CCC(COOC(=O)Oc1cccc(C(C)(C)C)c1)C(=O)OC(=O)Oc1cccc(C(C)(C)C)c1. The van der Waals surface area contributed by atoms with E-state index in [4.69, 9.17) is 19.1 Å². The van der Waals surface area contributed by atoms with Crippen LogP contribution >= 0.6 is 0 Å². The molecule has 0 aliphatic carbocycles. The van der Waals surface area contributed by atoms with Crippen molar-refractivity contribution in [2.45, 2.75) is 65.7 Å². The molecule has 190 valence electrons. The van der Waals surface area contributed by atoms with Crippen LogP contribution in [0.15, 0.2) is 48.5 Å². The summed E-state index contributed by atoms with van der Waals surface area (Å²) < 4.78 is 15.0. The van der Waals surface area contributed by atoms with Crippen LogP contribution in [0.5, 0.6) is 11.5 Å². The Morgan fingerprint density at radius 3 is 1.71 bits per heavy atom. The number of carbonyl (C=O) groups excluding carboxylic acids is 3. The molecule has 0 radical (unpaired) electrons. The van der Waals surface area contributed by atoms with Gasteiger partial charge in [-0.15, -0.1) is 0 Å². The molecule has 0 amide bonds. The highest BCUT2D eigenvalue weighted by molar-refractivity contribution is 5.84. The standard InChI is InChI=1S/C27H34O8/c1-8-18(17-31-35-25(30)33-22-14-10-12-20(16-22)27(5,6)7)23(28)34-24(29)32-21-13-9-11-19(15-21)26(2,3)4/h9-16,18H,8,17H2,1-7H3. The summed E-state index contributed by atoms with van der Waals surface area (Å²) in [5.41, 5.74) is 1.68. The molecular weight excluding hydrogens is 452 g/mol. The summed E-state index contributed by atoms with van der Waals surface area (Å²) in [6.45, 7) is 13.6. The molecule has 0 fully saturated rings. The maximum absolute atomic E-state index is 12.3. The van der Waals surface area contributed by atoms with Gasteiger partial charge in [-0.2, -0.15) is 4.89 Å². The maximum Gasteiger partial charge on any atom is 0.546 e. The fraction of sp³-hybridized carbons (Fsp3) is 0.444. The second-order valence-electron chi connectivity index (χ2n) is 10.2. The number of hydrogen-bond acceptors (Lipinski definition) is 8. The normalized spacial score (nSPS) is 12.4. The second kappa shape index (κ2) is 11.8. The fourth-order valence-corrected chi connectivity index (χ4v) is 2.96. The summed E-state index contributed by atoms with van der Waals surface area (Å²) >= 11 is 0. The lowest BCUT2D eigenvalue weighted by molar-refractivity contribution is -0.256. The Hall–Kier alpha value is -3.39. The van der Waals surface area contributed by atoms with Crippen LogP contribution in [0.2, 0.25) is 0 Å². The van der Waals surface area contributed by atoms with E-state index in [0.717, 1.165) is 11.1 Å². The van der Waals surface area contributed by atoms with Gasteiger partial charge in [-0.05, 0) is 52.6 Å². The van der Waals surface area contributed by atoms with Crippen LogP contribution in [0, 0.1) is 5.92 Å². The molecule has 0 aliphatic rings. The number of benzene rings is 2. The monoisotopic (exact) mass is 486 g/mol. The molecule has 8 heteroatoms. The first kappa shape index (κ1) is 27.9. The molecule has 0 heterocycles. The summed E-state index contributed by atoms with van der Waals surface area (Å²) in [7, 11) is 0. The van der Waals surface area contributed by atoms with Gasteiger partial charge in [0.15, 0.2) is 0 Å². The van der Waals surface area contributed by atoms with Gasteiger partial charge < -0.3 is 14.2 Å². The van der Waals surface area contributed by atoms with Gasteiger partial charge >= 0.3 is 18.3 Å². The van der Waals surface area contributed by atoms with Gasteiger partial charge in [0, 0.05) is 0 Å². The van der Waals surface area contributed by atoms with E-state index in [1.54, 1.807) is 43.3 Å². The number of rotatable bonds is 7. The zero-order valence-corrected chi connectivity index (χ0v) is 21.4. The number of esters is 1. The fourth-order valence-electron chi connectivity index (χ4n) is 2.96. The van der Waals surface area contributed by atoms with Crippen molar-refractivity contribution in [3.05, 3.63) is 59.7 Å². The predicted molar refractivity (Wildman–Crippen MR) is 129 cm³/mol. The molecule has 1 atom stereocenters. The topological polar surface area (TPSA) is 97.4 Å². The van der Waals surface area contributed by atoms with E-state index >= 15 is 0 Å². The van der Waals surface area contributed by atoms with Crippen molar-refractivity contribution in [1.82, 2.24) is 0 Å². The molecule has 2 aromatic rings. The van der Waals surface area contributed by atoms with Gasteiger partial charge in [-0.1, -0.05) is 72.7 Å². The Kier molecular flexibility index (Phi) is 9.42. The van der Waals surface area contributed by atoms with E-state index in [1.165, 1.54) is 0 Å². The first-order chi connectivity index (χ1) is 16.3. The highest BCUT2D eigenvalue weighted by Crippen LogP contribution is 2.27. The molecule has 0 aliphatic heterocycles. The Bertz CT molecular complexity index is 1030.